The summed E-state index contributed by atoms with van der Waals surface area (Å²) in [5.41, 5.74) is 0. The van der Waals surface area contributed by atoms with Crippen LogP contribution >= 0.6 is 0 Å². The van der Waals surface area contributed by atoms with Crippen molar-refractivity contribution in [1.82, 2.24) is 0 Å². The van der Waals surface area contributed by atoms with Crippen molar-refractivity contribution in [2.24, 2.45) is 0 Å². The maximum atomic E-state index is 11.3. The van der Waals surface area contributed by atoms with E-state index in [2.05, 4.69) is 13.8 Å². The number of hydrogen-bond donors (Lipinski definition) is 1. The third kappa shape index (κ3) is 19.9. The summed E-state index contributed by atoms with van der Waals surface area (Å²) in [6, 6.07) is 0. The van der Waals surface area contributed by atoms with Crippen molar-refractivity contribution in [1.29, 1.82) is 0 Å². The minimum absolute atomic E-state index is 0. The Labute approximate surface area is 191 Å². The second kappa shape index (κ2) is 20.2. The van der Waals surface area contributed by atoms with Gasteiger partial charge in [0.05, 0.1) is 16.2 Å². The molecule has 0 bridgehead atoms. The largest absolute Gasteiger partial charge is 1.00 e. The molecular formula is C21H43NaO4S. The fraction of sp³-hybridized carbons (Fsp3) is 1.00. The summed E-state index contributed by atoms with van der Waals surface area (Å²) in [6.07, 6.45) is 16.7. The molecule has 2 unspecified atom stereocenters. The van der Waals surface area contributed by atoms with Gasteiger partial charge < -0.3 is 9.66 Å². The molecule has 0 saturated heterocycles. The SMILES string of the molecule is CCCCCCCC(O)CCCCCCCC(CCCCC)S(=O)(=O)[O-].[Na+]. The van der Waals surface area contributed by atoms with E-state index in [0.717, 1.165) is 70.6 Å². The molecule has 1 N–H and O–H groups in total. The molecule has 0 fully saturated rings. The van der Waals surface area contributed by atoms with Crippen molar-refractivity contribution in [3.05, 3.63) is 0 Å². The van der Waals surface area contributed by atoms with Crippen LogP contribution in [-0.4, -0.2) is 29.4 Å². The van der Waals surface area contributed by atoms with Crippen molar-refractivity contribution in [3.8, 4) is 0 Å². The van der Waals surface area contributed by atoms with Crippen LogP contribution in [0.15, 0.2) is 0 Å². The van der Waals surface area contributed by atoms with E-state index in [1.807, 2.05) is 0 Å². The van der Waals surface area contributed by atoms with Gasteiger partial charge in [-0.05, 0) is 25.7 Å². The molecule has 0 aromatic heterocycles. The number of hydrogen-bond acceptors (Lipinski definition) is 4. The van der Waals surface area contributed by atoms with Gasteiger partial charge in [-0.15, -0.1) is 0 Å². The van der Waals surface area contributed by atoms with E-state index in [1.165, 1.54) is 25.7 Å². The Morgan fingerprint density at radius 2 is 1.00 bits per heavy atom. The van der Waals surface area contributed by atoms with Crippen LogP contribution < -0.4 is 29.6 Å². The molecule has 6 heteroatoms. The van der Waals surface area contributed by atoms with Crippen LogP contribution in [0.2, 0.25) is 0 Å². The number of rotatable bonds is 19. The summed E-state index contributed by atoms with van der Waals surface area (Å²) >= 11 is 0. The second-order valence-corrected chi connectivity index (χ2v) is 9.46. The van der Waals surface area contributed by atoms with Gasteiger partial charge in [0.25, 0.3) is 0 Å². The van der Waals surface area contributed by atoms with Gasteiger partial charge >= 0.3 is 29.6 Å². The van der Waals surface area contributed by atoms with Crippen LogP contribution in [0, 0.1) is 0 Å². The molecule has 0 aliphatic carbocycles. The van der Waals surface area contributed by atoms with E-state index in [4.69, 9.17) is 0 Å². The number of unbranched alkanes of at least 4 members (excludes halogenated alkanes) is 10. The van der Waals surface area contributed by atoms with Gasteiger partial charge in [0.2, 0.25) is 0 Å². The topological polar surface area (TPSA) is 77.4 Å². The van der Waals surface area contributed by atoms with Gasteiger partial charge in [-0.3, -0.25) is 0 Å². The molecule has 0 aromatic carbocycles. The zero-order valence-corrected chi connectivity index (χ0v) is 21.1. The zero-order valence-electron chi connectivity index (χ0n) is 18.3. The molecule has 2 atom stereocenters. The van der Waals surface area contributed by atoms with Crippen LogP contribution in [0.5, 0.6) is 0 Å². The molecule has 0 heterocycles. The van der Waals surface area contributed by atoms with Crippen molar-refractivity contribution in [2.45, 2.75) is 134 Å². The number of aliphatic hydroxyl groups excluding tert-OH is 1. The Hall–Kier alpha value is 0.870. The predicted molar refractivity (Wildman–Crippen MR) is 109 cm³/mol. The molecule has 0 aliphatic rings. The molecule has 4 nitrogen and oxygen atoms in total. The maximum absolute atomic E-state index is 11.3. The first-order chi connectivity index (χ1) is 12.4. The monoisotopic (exact) mass is 414 g/mol. The van der Waals surface area contributed by atoms with E-state index in [0.29, 0.717) is 12.8 Å². The van der Waals surface area contributed by atoms with Crippen molar-refractivity contribution >= 4 is 10.1 Å². The minimum Gasteiger partial charge on any atom is -0.748 e. The van der Waals surface area contributed by atoms with Gasteiger partial charge in [0.1, 0.15) is 0 Å². The molecular weight excluding hydrogens is 371 g/mol. The summed E-state index contributed by atoms with van der Waals surface area (Å²) in [4.78, 5) is 0. The smallest absolute Gasteiger partial charge is 0.748 e. The average Bonchev–Trinajstić information content (AvgIpc) is 2.58. The van der Waals surface area contributed by atoms with Crippen LogP contribution in [-0.2, 0) is 10.1 Å². The van der Waals surface area contributed by atoms with Crippen LogP contribution in [0.4, 0.5) is 0 Å². The van der Waals surface area contributed by atoms with E-state index < -0.39 is 15.4 Å². The van der Waals surface area contributed by atoms with Gasteiger partial charge in [-0.2, -0.15) is 0 Å². The van der Waals surface area contributed by atoms with E-state index in [1.54, 1.807) is 0 Å². The molecule has 158 valence electrons. The molecule has 0 aliphatic heterocycles. The molecule has 27 heavy (non-hydrogen) atoms. The summed E-state index contributed by atoms with van der Waals surface area (Å²) < 4.78 is 34.0. The summed E-state index contributed by atoms with van der Waals surface area (Å²) in [5.74, 6) is 0. The molecule has 0 aromatic rings. The quantitative estimate of drug-likeness (QED) is 0.200. The van der Waals surface area contributed by atoms with Crippen LogP contribution in [0.25, 0.3) is 0 Å². The molecule has 0 spiro atoms. The van der Waals surface area contributed by atoms with Gasteiger partial charge in [0, 0.05) is 5.25 Å². The Balaban J connectivity index is 0. The maximum Gasteiger partial charge on any atom is 1.00 e. The summed E-state index contributed by atoms with van der Waals surface area (Å²) in [6.45, 7) is 4.28. The van der Waals surface area contributed by atoms with E-state index in [-0.39, 0.29) is 35.7 Å². The third-order valence-electron chi connectivity index (χ3n) is 5.24. The van der Waals surface area contributed by atoms with Gasteiger partial charge in [-0.1, -0.05) is 97.3 Å². The minimum atomic E-state index is -4.15. The van der Waals surface area contributed by atoms with Crippen molar-refractivity contribution < 1.29 is 47.6 Å². The normalized spacial score (nSPS) is 13.9. The van der Waals surface area contributed by atoms with Gasteiger partial charge in [0.15, 0.2) is 0 Å². The fourth-order valence-electron chi connectivity index (χ4n) is 3.47. The van der Waals surface area contributed by atoms with Crippen LogP contribution in [0.3, 0.4) is 0 Å². The Morgan fingerprint density at radius 1 is 0.667 bits per heavy atom. The Bertz CT molecular complexity index is 401. The van der Waals surface area contributed by atoms with Crippen LogP contribution in [0.1, 0.15) is 123 Å². The van der Waals surface area contributed by atoms with Crippen molar-refractivity contribution in [3.63, 3.8) is 0 Å². The molecule has 0 saturated carbocycles. The van der Waals surface area contributed by atoms with Gasteiger partial charge in [-0.25, -0.2) is 8.42 Å². The first kappa shape index (κ1) is 30.1. The first-order valence-electron chi connectivity index (χ1n) is 11.0. The molecule has 0 amide bonds. The molecule has 0 radical (unpaired) electrons. The Morgan fingerprint density at radius 3 is 1.44 bits per heavy atom. The zero-order chi connectivity index (χ0) is 19.7. The standard InChI is InChI=1S/C21H44O4S.Na/c1-3-5-7-9-13-16-20(22)17-14-10-8-11-15-19-21(26(23,24)25)18-12-6-4-2;/h20-22H,3-19H2,1-2H3,(H,23,24,25);/q;+1/p-1. The van der Waals surface area contributed by atoms with Crippen molar-refractivity contribution in [2.75, 3.05) is 0 Å². The predicted octanol–water partition coefficient (Wildman–Crippen LogP) is 2.94. The van der Waals surface area contributed by atoms with E-state index >= 15 is 0 Å². The third-order valence-corrected chi connectivity index (χ3v) is 6.53. The summed E-state index contributed by atoms with van der Waals surface area (Å²) in [5, 5.41) is 9.28. The summed E-state index contributed by atoms with van der Waals surface area (Å²) in [7, 11) is -4.15. The molecule has 0 rings (SSSR count). The van der Waals surface area contributed by atoms with E-state index in [9.17, 15) is 18.1 Å². The second-order valence-electron chi connectivity index (χ2n) is 7.81. The first-order valence-corrected chi connectivity index (χ1v) is 12.5. The Kier molecular flexibility index (Phi) is 22.4. The average molecular weight is 415 g/mol. The fourth-order valence-corrected chi connectivity index (χ4v) is 4.38. The number of aliphatic hydroxyl groups is 1.